The highest BCUT2D eigenvalue weighted by Gasteiger charge is 2.20. The van der Waals surface area contributed by atoms with Crippen molar-refractivity contribution >= 4 is 11.9 Å². The first-order valence-electron chi connectivity index (χ1n) is 8.75. The third-order valence-corrected chi connectivity index (χ3v) is 4.57. The predicted molar refractivity (Wildman–Crippen MR) is 95.3 cm³/mol. The first kappa shape index (κ1) is 19.0. The van der Waals surface area contributed by atoms with E-state index in [2.05, 4.69) is 10.1 Å². The summed E-state index contributed by atoms with van der Waals surface area (Å²) in [5.74, 6) is 0.679. The molecule has 3 rings (SSSR count). The van der Waals surface area contributed by atoms with Crippen LogP contribution in [0.1, 0.15) is 41.7 Å². The van der Waals surface area contributed by atoms with Gasteiger partial charge in [0, 0.05) is 6.20 Å². The molecule has 2 aromatic heterocycles. The van der Waals surface area contributed by atoms with E-state index in [1.165, 1.54) is 30.4 Å². The quantitative estimate of drug-likeness (QED) is 0.655. The van der Waals surface area contributed by atoms with Crippen LogP contribution in [0, 0.1) is 0 Å². The van der Waals surface area contributed by atoms with Crippen molar-refractivity contribution in [2.45, 2.75) is 38.7 Å². The Morgan fingerprint density at radius 2 is 2.04 bits per heavy atom. The number of hydrogen-bond donors (Lipinski definition) is 0. The van der Waals surface area contributed by atoms with Gasteiger partial charge in [-0.05, 0) is 42.9 Å². The summed E-state index contributed by atoms with van der Waals surface area (Å²) in [4.78, 5) is 15.4. The number of aromatic nitrogens is 3. The van der Waals surface area contributed by atoms with Gasteiger partial charge in [-0.25, -0.2) is 8.78 Å². The van der Waals surface area contributed by atoms with Gasteiger partial charge in [-0.2, -0.15) is 5.10 Å². The number of halogens is 2. The van der Waals surface area contributed by atoms with E-state index in [0.29, 0.717) is 29.0 Å². The van der Waals surface area contributed by atoms with E-state index in [-0.39, 0.29) is 6.61 Å². The van der Waals surface area contributed by atoms with E-state index >= 15 is 0 Å². The minimum atomic E-state index is -2.47. The molecule has 8 heteroatoms. The van der Waals surface area contributed by atoms with Crippen LogP contribution in [0.2, 0.25) is 0 Å². The standard InChI is InChI=1S/C19H21F2N3O3/c1-26-17-8-22-9-18(15(17)11-25)27-12-13-4-2-3-5-14(13)16-6-7-23-24(16)10-19(20)21/h6-9,11,19H,2-5,10,12H2,1H3. The summed E-state index contributed by atoms with van der Waals surface area (Å²) >= 11 is 0. The highest BCUT2D eigenvalue weighted by Crippen LogP contribution is 2.33. The molecule has 0 atom stereocenters. The molecule has 0 aliphatic heterocycles. The Kier molecular flexibility index (Phi) is 6.16. The highest BCUT2D eigenvalue weighted by molar-refractivity contribution is 5.83. The monoisotopic (exact) mass is 377 g/mol. The number of carbonyl (C=O) groups is 1. The Hall–Kier alpha value is -2.77. The van der Waals surface area contributed by atoms with Crippen molar-refractivity contribution < 1.29 is 23.0 Å². The van der Waals surface area contributed by atoms with Gasteiger partial charge in [0.2, 0.25) is 0 Å². The number of carbonyl (C=O) groups excluding carboxylic acids is 1. The van der Waals surface area contributed by atoms with Crippen molar-refractivity contribution in [3.63, 3.8) is 0 Å². The Balaban J connectivity index is 1.86. The Morgan fingerprint density at radius 3 is 2.78 bits per heavy atom. The first-order chi connectivity index (χ1) is 13.1. The fraction of sp³-hybridized carbons (Fsp3) is 0.421. The molecule has 0 bridgehead atoms. The lowest BCUT2D eigenvalue weighted by Gasteiger charge is -2.22. The zero-order chi connectivity index (χ0) is 19.2. The van der Waals surface area contributed by atoms with Crippen LogP contribution in [-0.4, -0.2) is 41.2 Å². The van der Waals surface area contributed by atoms with Crippen molar-refractivity contribution in [3.05, 3.63) is 41.5 Å². The maximum atomic E-state index is 12.8. The molecule has 144 valence electrons. The molecule has 27 heavy (non-hydrogen) atoms. The molecule has 2 heterocycles. The van der Waals surface area contributed by atoms with Gasteiger partial charge >= 0.3 is 0 Å². The number of rotatable bonds is 8. The molecule has 2 aromatic rings. The average Bonchev–Trinajstić information content (AvgIpc) is 3.13. The molecular formula is C19H21F2N3O3. The van der Waals surface area contributed by atoms with Gasteiger partial charge in [-0.15, -0.1) is 0 Å². The molecule has 6 nitrogen and oxygen atoms in total. The molecule has 1 aliphatic rings. The van der Waals surface area contributed by atoms with Crippen LogP contribution in [0.3, 0.4) is 0 Å². The first-order valence-corrected chi connectivity index (χ1v) is 8.75. The third kappa shape index (κ3) is 4.32. The van der Waals surface area contributed by atoms with Gasteiger partial charge in [0.15, 0.2) is 17.8 Å². The Bertz CT molecular complexity index is 833. The molecule has 0 aromatic carbocycles. The maximum absolute atomic E-state index is 12.8. The largest absolute Gasteiger partial charge is 0.494 e. The van der Waals surface area contributed by atoms with Crippen LogP contribution < -0.4 is 9.47 Å². The smallest absolute Gasteiger partial charge is 0.257 e. The Morgan fingerprint density at radius 1 is 1.26 bits per heavy atom. The van der Waals surface area contributed by atoms with Crippen molar-refractivity contribution in [2.24, 2.45) is 0 Å². The van der Waals surface area contributed by atoms with E-state index in [1.807, 2.05) is 0 Å². The summed E-state index contributed by atoms with van der Waals surface area (Å²) in [7, 11) is 1.46. The number of pyridine rings is 1. The van der Waals surface area contributed by atoms with Crippen molar-refractivity contribution in [1.82, 2.24) is 14.8 Å². The van der Waals surface area contributed by atoms with Crippen LogP contribution in [0.25, 0.3) is 5.57 Å². The zero-order valence-corrected chi connectivity index (χ0v) is 15.0. The number of ether oxygens (including phenoxy) is 2. The average molecular weight is 377 g/mol. The molecule has 0 amide bonds. The molecule has 0 radical (unpaired) electrons. The Labute approximate surface area is 155 Å². The van der Waals surface area contributed by atoms with E-state index in [4.69, 9.17) is 9.47 Å². The third-order valence-electron chi connectivity index (χ3n) is 4.57. The number of methoxy groups -OCH3 is 1. The second-order valence-electron chi connectivity index (χ2n) is 6.24. The summed E-state index contributed by atoms with van der Waals surface area (Å²) in [6.45, 7) is -0.181. The molecule has 0 saturated carbocycles. The molecule has 0 N–H and O–H groups in total. The molecule has 0 saturated heterocycles. The van der Waals surface area contributed by atoms with Gasteiger partial charge < -0.3 is 9.47 Å². The van der Waals surface area contributed by atoms with Crippen molar-refractivity contribution in [3.8, 4) is 11.5 Å². The van der Waals surface area contributed by atoms with Gasteiger partial charge in [0.25, 0.3) is 6.43 Å². The van der Waals surface area contributed by atoms with Gasteiger partial charge in [0.05, 0.1) is 25.2 Å². The minimum Gasteiger partial charge on any atom is -0.494 e. The summed E-state index contributed by atoms with van der Waals surface area (Å²) in [5, 5.41) is 4.02. The number of alkyl halides is 2. The fourth-order valence-corrected chi connectivity index (χ4v) is 3.29. The highest BCUT2D eigenvalue weighted by atomic mass is 19.3. The van der Waals surface area contributed by atoms with Gasteiger partial charge in [-0.1, -0.05) is 0 Å². The number of nitrogens with zero attached hydrogens (tertiary/aromatic N) is 3. The summed E-state index contributed by atoms with van der Waals surface area (Å²) in [5.41, 5.74) is 3.01. The van der Waals surface area contributed by atoms with Crippen LogP contribution in [0.5, 0.6) is 11.5 Å². The summed E-state index contributed by atoms with van der Waals surface area (Å²) in [6.07, 6.45) is 6.24. The lowest BCUT2D eigenvalue weighted by Crippen LogP contribution is -2.15. The van der Waals surface area contributed by atoms with Gasteiger partial charge in [0.1, 0.15) is 18.7 Å². The van der Waals surface area contributed by atoms with Gasteiger partial charge in [-0.3, -0.25) is 14.5 Å². The van der Waals surface area contributed by atoms with E-state index in [0.717, 1.165) is 36.8 Å². The summed E-state index contributed by atoms with van der Waals surface area (Å²) < 4.78 is 38.0. The molecule has 0 fully saturated rings. The predicted octanol–water partition coefficient (Wildman–Crippen LogP) is 3.77. The van der Waals surface area contributed by atoms with Crippen LogP contribution in [0.4, 0.5) is 8.78 Å². The zero-order valence-electron chi connectivity index (χ0n) is 15.0. The van der Waals surface area contributed by atoms with Crippen molar-refractivity contribution in [2.75, 3.05) is 13.7 Å². The fourth-order valence-electron chi connectivity index (χ4n) is 3.29. The lowest BCUT2D eigenvalue weighted by atomic mass is 9.90. The number of aldehydes is 1. The van der Waals surface area contributed by atoms with Crippen LogP contribution >= 0.6 is 0 Å². The topological polar surface area (TPSA) is 66.2 Å². The second-order valence-corrected chi connectivity index (χ2v) is 6.24. The molecular weight excluding hydrogens is 356 g/mol. The molecule has 1 aliphatic carbocycles. The summed E-state index contributed by atoms with van der Waals surface area (Å²) in [6, 6.07) is 1.76. The van der Waals surface area contributed by atoms with E-state index in [9.17, 15) is 13.6 Å². The maximum Gasteiger partial charge on any atom is 0.257 e. The minimum absolute atomic E-state index is 0.255. The van der Waals surface area contributed by atoms with E-state index in [1.54, 1.807) is 6.07 Å². The van der Waals surface area contributed by atoms with Crippen molar-refractivity contribution in [1.29, 1.82) is 0 Å². The number of hydrogen-bond acceptors (Lipinski definition) is 5. The van der Waals surface area contributed by atoms with E-state index < -0.39 is 13.0 Å². The number of allylic oxidation sites excluding steroid dienone is 1. The molecule has 0 unspecified atom stereocenters. The normalized spacial score (nSPS) is 14.5. The van der Waals surface area contributed by atoms with Crippen LogP contribution in [0.15, 0.2) is 30.2 Å². The lowest BCUT2D eigenvalue weighted by molar-refractivity contribution is 0.111. The van der Waals surface area contributed by atoms with Crippen LogP contribution in [-0.2, 0) is 6.54 Å². The SMILES string of the molecule is COc1cncc(OCC2=C(c3ccnn3CC(F)F)CCCC2)c1C=O. The molecule has 0 spiro atoms. The second kappa shape index (κ2) is 8.75.